The maximum atomic E-state index is 12.8. The molecular weight excluding hydrogens is 374 g/mol. The van der Waals surface area contributed by atoms with E-state index in [9.17, 15) is 13.2 Å². The first-order chi connectivity index (χ1) is 12.4. The quantitative estimate of drug-likeness (QED) is 0.865. The van der Waals surface area contributed by atoms with Crippen molar-refractivity contribution in [2.45, 2.75) is 24.7 Å². The number of hydrogen-bond acceptors (Lipinski definition) is 4. The van der Waals surface area contributed by atoms with E-state index in [-0.39, 0.29) is 17.3 Å². The van der Waals surface area contributed by atoms with Gasteiger partial charge in [0.2, 0.25) is 15.9 Å². The monoisotopic (exact) mass is 393 g/mol. The molecule has 1 aliphatic rings. The second-order valence-electron chi connectivity index (χ2n) is 6.31. The van der Waals surface area contributed by atoms with Gasteiger partial charge < -0.3 is 5.32 Å². The minimum absolute atomic E-state index is 0.155. The van der Waals surface area contributed by atoms with Crippen molar-refractivity contribution in [1.82, 2.24) is 9.29 Å². The van der Waals surface area contributed by atoms with Gasteiger partial charge in [-0.1, -0.05) is 17.7 Å². The average Bonchev–Trinajstić information content (AvgIpc) is 2.62. The zero-order valence-electron chi connectivity index (χ0n) is 14.4. The zero-order chi connectivity index (χ0) is 18.7. The van der Waals surface area contributed by atoms with Crippen LogP contribution in [0.3, 0.4) is 0 Å². The highest BCUT2D eigenvalue weighted by Crippen LogP contribution is 2.25. The van der Waals surface area contributed by atoms with Crippen LogP contribution < -0.4 is 5.32 Å². The van der Waals surface area contributed by atoms with Crippen LogP contribution >= 0.6 is 11.6 Å². The van der Waals surface area contributed by atoms with E-state index >= 15 is 0 Å². The molecule has 1 aliphatic heterocycles. The number of carbonyl (C=O) groups excluding carboxylic acids is 1. The van der Waals surface area contributed by atoms with Gasteiger partial charge in [-0.2, -0.15) is 4.31 Å². The Morgan fingerprint density at radius 2 is 1.96 bits per heavy atom. The molecule has 1 aromatic heterocycles. The Balaban J connectivity index is 1.72. The van der Waals surface area contributed by atoms with Crippen molar-refractivity contribution in [3.8, 4) is 0 Å². The summed E-state index contributed by atoms with van der Waals surface area (Å²) in [5, 5.41) is 3.26. The fraction of sp³-hybridized carbons (Fsp3) is 0.333. The standard InChI is InChI=1S/C18H20ClN3O3S/c1-13-4-2-6-17(20-13)21-18(23)14-5-3-11-22(12-14)26(24,25)16-9-7-15(19)8-10-16/h2,4,6-10,14H,3,5,11-12H2,1H3,(H,20,21,23). The number of aromatic nitrogens is 1. The van der Waals surface area contributed by atoms with Crippen LogP contribution in [-0.4, -0.2) is 36.7 Å². The minimum Gasteiger partial charge on any atom is -0.310 e. The van der Waals surface area contributed by atoms with E-state index in [1.807, 2.05) is 19.1 Å². The molecule has 1 atom stereocenters. The molecule has 0 spiro atoms. The van der Waals surface area contributed by atoms with Gasteiger partial charge in [0.05, 0.1) is 10.8 Å². The van der Waals surface area contributed by atoms with E-state index in [4.69, 9.17) is 11.6 Å². The molecule has 3 rings (SSSR count). The molecule has 2 aromatic rings. The number of aryl methyl sites for hydroxylation is 1. The highest BCUT2D eigenvalue weighted by molar-refractivity contribution is 7.89. The molecule has 1 N–H and O–H groups in total. The van der Waals surface area contributed by atoms with Gasteiger partial charge in [0.15, 0.2) is 0 Å². The van der Waals surface area contributed by atoms with Gasteiger partial charge in [0, 0.05) is 23.8 Å². The zero-order valence-corrected chi connectivity index (χ0v) is 15.9. The predicted octanol–water partition coefficient (Wildman–Crippen LogP) is 3.08. The third-order valence-corrected chi connectivity index (χ3v) is 6.48. The summed E-state index contributed by atoms with van der Waals surface area (Å²) in [6.07, 6.45) is 1.27. The van der Waals surface area contributed by atoms with Gasteiger partial charge in [0.25, 0.3) is 0 Å². The Bertz CT molecular complexity index is 900. The average molecular weight is 394 g/mol. The second kappa shape index (κ2) is 7.73. The van der Waals surface area contributed by atoms with Crippen LogP contribution in [0.25, 0.3) is 0 Å². The molecule has 1 fully saturated rings. The summed E-state index contributed by atoms with van der Waals surface area (Å²) >= 11 is 5.83. The van der Waals surface area contributed by atoms with Crippen molar-refractivity contribution in [2.75, 3.05) is 18.4 Å². The van der Waals surface area contributed by atoms with Gasteiger partial charge in [-0.05, 0) is 56.2 Å². The summed E-state index contributed by atoms with van der Waals surface area (Å²) in [6, 6.07) is 11.4. The fourth-order valence-electron chi connectivity index (χ4n) is 2.97. The summed E-state index contributed by atoms with van der Waals surface area (Å²) in [7, 11) is -3.65. The lowest BCUT2D eigenvalue weighted by Crippen LogP contribution is -2.43. The molecule has 1 unspecified atom stereocenters. The molecule has 1 amide bonds. The maximum Gasteiger partial charge on any atom is 0.243 e. The molecule has 1 saturated heterocycles. The molecule has 0 radical (unpaired) electrons. The summed E-state index contributed by atoms with van der Waals surface area (Å²) in [6.45, 7) is 2.40. The number of amides is 1. The number of rotatable bonds is 4. The largest absolute Gasteiger partial charge is 0.310 e. The number of halogens is 1. The topological polar surface area (TPSA) is 79.4 Å². The summed E-state index contributed by atoms with van der Waals surface area (Å²) < 4.78 is 27.0. The van der Waals surface area contributed by atoms with Crippen molar-refractivity contribution in [3.05, 3.63) is 53.2 Å². The highest BCUT2D eigenvalue weighted by atomic mass is 35.5. The number of anilines is 1. The van der Waals surface area contributed by atoms with Crippen molar-refractivity contribution in [2.24, 2.45) is 5.92 Å². The molecule has 0 aliphatic carbocycles. The summed E-state index contributed by atoms with van der Waals surface area (Å²) in [5.74, 6) is -0.139. The molecule has 8 heteroatoms. The number of benzene rings is 1. The molecule has 0 bridgehead atoms. The van der Waals surface area contributed by atoms with Gasteiger partial charge in [-0.15, -0.1) is 0 Å². The van der Waals surface area contributed by atoms with E-state index in [1.165, 1.54) is 16.4 Å². The van der Waals surface area contributed by atoms with Crippen molar-refractivity contribution < 1.29 is 13.2 Å². The maximum absolute atomic E-state index is 12.8. The Labute approximate surface area is 158 Å². The van der Waals surface area contributed by atoms with Gasteiger partial charge in [-0.3, -0.25) is 4.79 Å². The SMILES string of the molecule is Cc1cccc(NC(=O)C2CCCN(S(=O)(=O)c3ccc(Cl)cc3)C2)n1. The van der Waals surface area contributed by atoms with Crippen molar-refractivity contribution >= 4 is 33.3 Å². The lowest BCUT2D eigenvalue weighted by atomic mass is 9.99. The van der Waals surface area contributed by atoms with Crippen molar-refractivity contribution in [1.29, 1.82) is 0 Å². The first kappa shape index (κ1) is 18.8. The number of hydrogen-bond donors (Lipinski definition) is 1. The number of nitrogens with zero attached hydrogens (tertiary/aromatic N) is 2. The third kappa shape index (κ3) is 4.23. The number of pyridine rings is 1. The Morgan fingerprint density at radius 1 is 1.23 bits per heavy atom. The van der Waals surface area contributed by atoms with Crippen LogP contribution in [0.2, 0.25) is 5.02 Å². The molecule has 0 saturated carbocycles. The normalized spacial score (nSPS) is 18.5. The predicted molar refractivity (Wildman–Crippen MR) is 101 cm³/mol. The first-order valence-corrected chi connectivity index (χ1v) is 10.2. The fourth-order valence-corrected chi connectivity index (χ4v) is 4.62. The first-order valence-electron chi connectivity index (χ1n) is 8.36. The van der Waals surface area contributed by atoms with Crippen LogP contribution in [0.5, 0.6) is 0 Å². The molecule has 2 heterocycles. The third-order valence-electron chi connectivity index (χ3n) is 4.35. The van der Waals surface area contributed by atoms with E-state index in [2.05, 4.69) is 10.3 Å². The van der Waals surface area contributed by atoms with E-state index in [0.29, 0.717) is 30.2 Å². The van der Waals surface area contributed by atoms with Crippen LogP contribution in [0, 0.1) is 12.8 Å². The van der Waals surface area contributed by atoms with Gasteiger partial charge in [-0.25, -0.2) is 13.4 Å². The van der Waals surface area contributed by atoms with Gasteiger partial charge >= 0.3 is 0 Å². The highest BCUT2D eigenvalue weighted by Gasteiger charge is 2.33. The summed E-state index contributed by atoms with van der Waals surface area (Å²) in [5.41, 5.74) is 0.804. The Morgan fingerprint density at radius 3 is 2.65 bits per heavy atom. The second-order valence-corrected chi connectivity index (χ2v) is 8.68. The number of piperidine rings is 1. The Hall–Kier alpha value is -1.96. The number of nitrogens with one attached hydrogen (secondary N) is 1. The minimum atomic E-state index is -3.65. The van der Waals surface area contributed by atoms with Crippen LogP contribution in [0.15, 0.2) is 47.4 Å². The van der Waals surface area contributed by atoms with Gasteiger partial charge in [0.1, 0.15) is 5.82 Å². The Kier molecular flexibility index (Phi) is 5.60. The molecular formula is C18H20ClN3O3S. The molecule has 26 heavy (non-hydrogen) atoms. The molecule has 138 valence electrons. The lowest BCUT2D eigenvalue weighted by molar-refractivity contribution is -0.120. The number of carbonyl (C=O) groups is 1. The van der Waals surface area contributed by atoms with Crippen molar-refractivity contribution in [3.63, 3.8) is 0 Å². The van der Waals surface area contributed by atoms with E-state index in [1.54, 1.807) is 18.2 Å². The smallest absolute Gasteiger partial charge is 0.243 e. The number of sulfonamides is 1. The van der Waals surface area contributed by atoms with E-state index in [0.717, 1.165) is 5.69 Å². The summed E-state index contributed by atoms with van der Waals surface area (Å²) in [4.78, 5) is 17.0. The lowest BCUT2D eigenvalue weighted by Gasteiger charge is -2.31. The molecule has 1 aromatic carbocycles. The van der Waals surface area contributed by atoms with Crippen LogP contribution in [0.4, 0.5) is 5.82 Å². The van der Waals surface area contributed by atoms with E-state index < -0.39 is 15.9 Å². The molecule has 6 nitrogen and oxygen atoms in total. The van der Waals surface area contributed by atoms with Crippen LogP contribution in [-0.2, 0) is 14.8 Å². The van der Waals surface area contributed by atoms with Crippen LogP contribution in [0.1, 0.15) is 18.5 Å².